The summed E-state index contributed by atoms with van der Waals surface area (Å²) in [7, 11) is -4.19. The van der Waals surface area contributed by atoms with E-state index in [4.69, 9.17) is 10.2 Å². The van der Waals surface area contributed by atoms with E-state index in [0.717, 1.165) is 43.0 Å². The smallest absolute Gasteiger partial charge is 0.123 e. The van der Waals surface area contributed by atoms with Crippen LogP contribution in [0.5, 0.6) is 11.5 Å². The molecule has 4 nitrogen and oxygen atoms in total. The van der Waals surface area contributed by atoms with Gasteiger partial charge in [0, 0.05) is 45.1 Å². The van der Waals surface area contributed by atoms with Crippen molar-refractivity contribution in [3.05, 3.63) is 60.7 Å². The van der Waals surface area contributed by atoms with Crippen LogP contribution in [0.25, 0.3) is 32.7 Å². The van der Waals surface area contributed by atoms with E-state index >= 15 is 0 Å². The summed E-state index contributed by atoms with van der Waals surface area (Å²) in [6.45, 7) is 29.9. The quantitative estimate of drug-likeness (QED) is 0.163. The van der Waals surface area contributed by atoms with Crippen LogP contribution in [-0.2, 0) is 21.7 Å². The summed E-state index contributed by atoms with van der Waals surface area (Å²) in [4.78, 5) is 0. The Balaban J connectivity index is 0.00000101. The maximum atomic E-state index is 12.1. The molecule has 0 heterocycles. The van der Waals surface area contributed by atoms with E-state index < -0.39 is 16.1 Å². The summed E-state index contributed by atoms with van der Waals surface area (Å²) in [5.74, 6) is 0.654. The van der Waals surface area contributed by atoms with Gasteiger partial charge in [0.25, 0.3) is 0 Å². The molecule has 0 radical (unpaired) electrons. The molecule has 4 aromatic rings. The molecule has 7 heteroatoms. The second-order valence-corrected chi connectivity index (χ2v) is 26.3. The van der Waals surface area contributed by atoms with Crippen molar-refractivity contribution in [3.63, 3.8) is 0 Å². The predicted molar refractivity (Wildman–Crippen MR) is 199 cm³/mol. The second-order valence-electron chi connectivity index (χ2n) is 15.7. The first-order valence-electron chi connectivity index (χ1n) is 15.8. The van der Waals surface area contributed by atoms with Crippen molar-refractivity contribution in [1.29, 1.82) is 0 Å². The molecule has 0 aliphatic carbocycles. The van der Waals surface area contributed by atoms with E-state index in [1.807, 2.05) is 12.1 Å². The van der Waals surface area contributed by atoms with Crippen LogP contribution in [-0.4, -0.2) is 48.8 Å². The van der Waals surface area contributed by atoms with E-state index in [1.54, 1.807) is 27.7 Å². The number of aliphatic hydroxyl groups is 2. The van der Waals surface area contributed by atoms with Crippen LogP contribution in [0.3, 0.4) is 0 Å². The van der Waals surface area contributed by atoms with Gasteiger partial charge in [-0.25, -0.2) is 0 Å². The molecule has 0 aromatic heterocycles. The van der Waals surface area contributed by atoms with Crippen LogP contribution in [0.4, 0.5) is 0 Å². The van der Waals surface area contributed by atoms with Crippen LogP contribution in [0, 0.1) is 0 Å². The van der Waals surface area contributed by atoms with Crippen molar-refractivity contribution in [3.8, 4) is 22.6 Å². The normalized spacial score (nSPS) is 12.4. The largest absolute Gasteiger partial charge is 0.507 e. The summed E-state index contributed by atoms with van der Waals surface area (Å²) in [5, 5.41) is 46.7. The molecule has 0 amide bonds. The van der Waals surface area contributed by atoms with Crippen molar-refractivity contribution < 1.29 is 42.1 Å². The standard InChI is InChI=1S/C32H42O2Si2.2C3H8O.Ti/c1-31(2,3)35(7,8)25-19-21-15-11-13-17-23(21)27(29(25)33)28-24-18-14-12-16-22(24)20-26(30(28)34)36(9,10)32(4,5)6;2*1-3(2)4;/h11-20,33-34H,1-10H3;2*3-4H,1-2H3;. The fraction of sp³-hybridized carbons (Fsp3) is 0.474. The number of rotatable bonds is 3. The molecule has 0 saturated carbocycles. The van der Waals surface area contributed by atoms with Crippen LogP contribution >= 0.6 is 0 Å². The maximum Gasteiger partial charge on any atom is 0.123 e. The number of fused-ring (bicyclic) bond motifs is 2. The van der Waals surface area contributed by atoms with Crippen molar-refractivity contribution in [2.45, 2.75) is 118 Å². The Bertz CT molecular complexity index is 1450. The fourth-order valence-corrected chi connectivity index (χ4v) is 9.02. The second kappa shape index (κ2) is 15.3. The molecule has 45 heavy (non-hydrogen) atoms. The predicted octanol–water partition coefficient (Wildman–Crippen LogP) is 9.27. The molecular formula is C38H58O4Si2Ti. The van der Waals surface area contributed by atoms with E-state index in [0.29, 0.717) is 11.5 Å². The minimum atomic E-state index is -2.10. The van der Waals surface area contributed by atoms with Gasteiger partial charge in [0.05, 0.1) is 16.1 Å². The number of phenols is 2. The Morgan fingerprint density at radius 1 is 0.533 bits per heavy atom. The van der Waals surface area contributed by atoms with E-state index in [-0.39, 0.29) is 44.0 Å². The topological polar surface area (TPSA) is 80.9 Å². The summed E-state index contributed by atoms with van der Waals surface area (Å²) in [6, 6.07) is 21.0. The van der Waals surface area contributed by atoms with Crippen LogP contribution in [0.15, 0.2) is 60.7 Å². The van der Waals surface area contributed by atoms with Gasteiger partial charge in [-0.3, -0.25) is 0 Å². The van der Waals surface area contributed by atoms with Gasteiger partial charge in [-0.05, 0) is 69.7 Å². The molecule has 0 aliphatic rings. The first-order chi connectivity index (χ1) is 20.0. The van der Waals surface area contributed by atoms with Crippen LogP contribution in [0.2, 0.25) is 36.3 Å². The first-order valence-corrected chi connectivity index (χ1v) is 21.8. The van der Waals surface area contributed by atoms with Gasteiger partial charge < -0.3 is 20.4 Å². The van der Waals surface area contributed by atoms with E-state index in [9.17, 15) is 10.2 Å². The number of aliphatic hydroxyl groups excluding tert-OH is 2. The molecule has 0 atom stereocenters. The summed E-state index contributed by atoms with van der Waals surface area (Å²) in [5.41, 5.74) is 1.53. The molecule has 0 bridgehead atoms. The van der Waals surface area contributed by atoms with Crippen LogP contribution in [0.1, 0.15) is 69.2 Å². The zero-order valence-corrected chi connectivity index (χ0v) is 33.8. The van der Waals surface area contributed by atoms with Crippen molar-refractivity contribution in [2.24, 2.45) is 0 Å². The Hall–Kier alpha value is -1.93. The van der Waals surface area contributed by atoms with Gasteiger partial charge in [-0.2, -0.15) is 0 Å². The number of hydrogen-bond donors (Lipinski definition) is 4. The van der Waals surface area contributed by atoms with E-state index in [2.05, 4.69) is 116 Å². The zero-order valence-electron chi connectivity index (χ0n) is 30.2. The third-order valence-corrected chi connectivity index (χ3v) is 20.3. The average molecular weight is 683 g/mol. The Morgan fingerprint density at radius 2 is 0.778 bits per heavy atom. The van der Waals surface area contributed by atoms with Gasteiger partial charge in [-0.15, -0.1) is 0 Å². The summed E-state index contributed by atoms with van der Waals surface area (Å²) in [6.07, 6.45) is -0.333. The monoisotopic (exact) mass is 682 g/mol. The molecule has 0 unspecified atom stereocenters. The number of hydrogen-bond acceptors (Lipinski definition) is 4. The zero-order chi connectivity index (χ0) is 34.0. The summed E-state index contributed by atoms with van der Waals surface area (Å²) >= 11 is 0. The van der Waals surface area contributed by atoms with Crippen molar-refractivity contribution >= 4 is 48.1 Å². The number of phenolic OH excluding ortho intramolecular Hbond substituents is 2. The van der Waals surface area contributed by atoms with Crippen molar-refractivity contribution in [2.75, 3.05) is 0 Å². The van der Waals surface area contributed by atoms with Gasteiger partial charge in [0.2, 0.25) is 0 Å². The van der Waals surface area contributed by atoms with Gasteiger partial charge >= 0.3 is 0 Å². The minimum Gasteiger partial charge on any atom is -0.507 e. The van der Waals surface area contributed by atoms with Gasteiger partial charge in [-0.1, -0.05) is 128 Å². The third kappa shape index (κ3) is 9.12. The Kier molecular flexibility index (Phi) is 14.0. The molecule has 0 aliphatic heterocycles. The number of aromatic hydroxyl groups is 2. The average Bonchev–Trinajstić information content (AvgIpc) is 2.86. The first kappa shape index (κ1) is 41.1. The SMILES string of the molecule is CC(C)(C)[Si](C)(C)c1cc2ccccc2c(-c2c(O)c([Si](C)(C)C(C)(C)C)cc3ccccc23)c1O.CC(C)O.CC(C)O.[Ti]. The van der Waals surface area contributed by atoms with E-state index in [1.165, 1.54) is 0 Å². The third-order valence-electron chi connectivity index (χ3n) is 9.39. The maximum absolute atomic E-state index is 12.1. The molecule has 246 valence electrons. The van der Waals surface area contributed by atoms with Crippen LogP contribution < -0.4 is 10.4 Å². The molecule has 4 rings (SSSR count). The van der Waals surface area contributed by atoms with Gasteiger partial charge in [0.1, 0.15) is 11.5 Å². The molecule has 4 aromatic carbocycles. The minimum absolute atomic E-state index is 0. The molecular weight excluding hydrogens is 624 g/mol. The molecule has 0 spiro atoms. The summed E-state index contributed by atoms with van der Waals surface area (Å²) < 4.78 is 0. The molecule has 0 saturated heterocycles. The molecule has 4 N–H and O–H groups in total. The Morgan fingerprint density at radius 3 is 1.02 bits per heavy atom. The van der Waals surface area contributed by atoms with Gasteiger partial charge in [0.15, 0.2) is 0 Å². The number of benzene rings is 4. The fourth-order valence-electron chi connectivity index (χ4n) is 4.94. The van der Waals surface area contributed by atoms with Crippen molar-refractivity contribution in [1.82, 2.24) is 0 Å². The Labute approximate surface area is 289 Å². The molecule has 0 fully saturated rings.